The molecule has 3 N–H and O–H groups in total. The van der Waals surface area contributed by atoms with E-state index in [4.69, 9.17) is 14.9 Å². The van der Waals surface area contributed by atoms with Crippen LogP contribution in [0.5, 0.6) is 5.75 Å². The number of hydrogen-bond donors (Lipinski definition) is 2. The topological polar surface area (TPSA) is 94.8 Å². The van der Waals surface area contributed by atoms with Gasteiger partial charge in [0.1, 0.15) is 5.76 Å². The van der Waals surface area contributed by atoms with Gasteiger partial charge in [-0.3, -0.25) is 4.79 Å². The van der Waals surface area contributed by atoms with Crippen LogP contribution in [0.2, 0.25) is 0 Å². The summed E-state index contributed by atoms with van der Waals surface area (Å²) in [6.07, 6.45) is 5.34. The van der Waals surface area contributed by atoms with Crippen LogP contribution >= 0.6 is 0 Å². The predicted molar refractivity (Wildman–Crippen MR) is 101 cm³/mol. The third-order valence-corrected chi connectivity index (χ3v) is 4.03. The number of rotatable bonds is 6. The van der Waals surface area contributed by atoms with Crippen LogP contribution in [0.1, 0.15) is 5.76 Å². The molecule has 0 saturated heterocycles. The van der Waals surface area contributed by atoms with Crippen LogP contribution in [-0.4, -0.2) is 21.9 Å². The van der Waals surface area contributed by atoms with Crippen LogP contribution in [0.25, 0.3) is 16.9 Å². The molecule has 0 aliphatic rings. The second-order valence-corrected chi connectivity index (χ2v) is 6.00. The Hall–Kier alpha value is -3.74. The number of amides is 1. The van der Waals surface area contributed by atoms with E-state index in [1.54, 1.807) is 24.5 Å². The van der Waals surface area contributed by atoms with Crippen LogP contribution in [0, 0.1) is 0 Å². The molecular formula is C20H18N4O3. The van der Waals surface area contributed by atoms with Crippen molar-refractivity contribution in [2.24, 2.45) is 0 Å². The number of ether oxygens (including phenoxy) is 1. The van der Waals surface area contributed by atoms with Crippen molar-refractivity contribution in [3.8, 4) is 17.0 Å². The van der Waals surface area contributed by atoms with Gasteiger partial charge in [0.05, 0.1) is 18.5 Å². The zero-order valence-electron chi connectivity index (χ0n) is 14.5. The van der Waals surface area contributed by atoms with Gasteiger partial charge < -0.3 is 24.6 Å². The molecule has 3 heterocycles. The minimum Gasteiger partial charge on any atom is -0.480 e. The van der Waals surface area contributed by atoms with Crippen LogP contribution in [0.3, 0.4) is 0 Å². The zero-order chi connectivity index (χ0) is 18.6. The number of fused-ring (bicyclic) bond motifs is 1. The maximum atomic E-state index is 12.0. The summed E-state index contributed by atoms with van der Waals surface area (Å²) in [6, 6.07) is 14.7. The Morgan fingerprint density at radius 1 is 1.22 bits per heavy atom. The average Bonchev–Trinajstić information content (AvgIpc) is 3.34. The number of aromatic nitrogens is 2. The molecule has 7 heteroatoms. The highest BCUT2D eigenvalue weighted by Crippen LogP contribution is 2.25. The standard InChI is InChI=1S/C20H18N4O3/c21-15-5-1-4-14(10-15)17-12-24-8-2-7-18(20(24)23-17)27-13-19(25)22-11-16-6-3-9-26-16/h1-10,12H,11,13,21H2,(H,22,25). The normalized spacial score (nSPS) is 10.8. The first-order valence-electron chi connectivity index (χ1n) is 8.44. The van der Waals surface area contributed by atoms with Crippen molar-refractivity contribution in [1.82, 2.24) is 14.7 Å². The molecular weight excluding hydrogens is 344 g/mol. The summed E-state index contributed by atoms with van der Waals surface area (Å²) in [5, 5.41) is 2.74. The third kappa shape index (κ3) is 3.77. The number of carbonyl (C=O) groups is 1. The summed E-state index contributed by atoms with van der Waals surface area (Å²) in [6.45, 7) is 0.212. The van der Waals surface area contributed by atoms with Gasteiger partial charge in [0.2, 0.25) is 0 Å². The van der Waals surface area contributed by atoms with Crippen LogP contribution in [0.15, 0.2) is 71.6 Å². The lowest BCUT2D eigenvalue weighted by Gasteiger charge is -2.07. The first-order valence-corrected chi connectivity index (χ1v) is 8.44. The van der Waals surface area contributed by atoms with E-state index in [-0.39, 0.29) is 12.5 Å². The number of furan rings is 1. The third-order valence-electron chi connectivity index (χ3n) is 4.03. The fourth-order valence-electron chi connectivity index (χ4n) is 2.73. The highest BCUT2D eigenvalue weighted by Gasteiger charge is 2.11. The van der Waals surface area contributed by atoms with E-state index in [0.29, 0.717) is 29.4 Å². The first kappa shape index (κ1) is 16.7. The lowest BCUT2D eigenvalue weighted by atomic mass is 10.1. The average molecular weight is 362 g/mol. The van der Waals surface area contributed by atoms with E-state index in [9.17, 15) is 4.79 Å². The molecule has 7 nitrogen and oxygen atoms in total. The zero-order valence-corrected chi connectivity index (χ0v) is 14.5. The van der Waals surface area contributed by atoms with Crippen molar-refractivity contribution in [3.05, 3.63) is 72.9 Å². The number of hydrogen-bond acceptors (Lipinski definition) is 5. The highest BCUT2D eigenvalue weighted by atomic mass is 16.5. The monoisotopic (exact) mass is 362 g/mol. The van der Waals surface area contributed by atoms with E-state index in [0.717, 1.165) is 11.3 Å². The second kappa shape index (κ2) is 7.25. The number of carbonyl (C=O) groups excluding carboxylic acids is 1. The van der Waals surface area contributed by atoms with Crippen LogP contribution < -0.4 is 15.8 Å². The maximum absolute atomic E-state index is 12.0. The molecule has 0 saturated carbocycles. The lowest BCUT2D eigenvalue weighted by molar-refractivity contribution is -0.123. The number of benzene rings is 1. The van der Waals surface area contributed by atoms with Crippen molar-refractivity contribution in [2.75, 3.05) is 12.3 Å². The molecule has 27 heavy (non-hydrogen) atoms. The molecule has 136 valence electrons. The molecule has 0 atom stereocenters. The summed E-state index contributed by atoms with van der Waals surface area (Å²) in [5.74, 6) is 0.974. The summed E-state index contributed by atoms with van der Waals surface area (Å²) < 4.78 is 12.7. The number of nitrogen functional groups attached to an aromatic ring is 1. The minimum absolute atomic E-state index is 0.110. The Balaban J connectivity index is 1.48. The molecule has 4 aromatic rings. The molecule has 0 spiro atoms. The van der Waals surface area contributed by atoms with E-state index in [1.165, 1.54) is 0 Å². The van der Waals surface area contributed by atoms with Crippen molar-refractivity contribution in [1.29, 1.82) is 0 Å². The van der Waals surface area contributed by atoms with Gasteiger partial charge in [0.15, 0.2) is 18.0 Å². The Kier molecular flexibility index (Phi) is 4.49. The van der Waals surface area contributed by atoms with Crippen molar-refractivity contribution in [2.45, 2.75) is 6.54 Å². The maximum Gasteiger partial charge on any atom is 0.258 e. The van der Waals surface area contributed by atoms with Gasteiger partial charge in [-0.15, -0.1) is 0 Å². The van der Waals surface area contributed by atoms with Gasteiger partial charge in [-0.1, -0.05) is 12.1 Å². The molecule has 0 unspecified atom stereocenters. The number of nitrogens with zero attached hydrogens (tertiary/aromatic N) is 2. The lowest BCUT2D eigenvalue weighted by Crippen LogP contribution is -2.28. The Labute approximate surface area is 155 Å². The van der Waals surface area contributed by atoms with E-state index in [1.807, 2.05) is 47.1 Å². The highest BCUT2D eigenvalue weighted by molar-refractivity contribution is 5.78. The second-order valence-electron chi connectivity index (χ2n) is 6.00. The van der Waals surface area contributed by atoms with E-state index < -0.39 is 0 Å². The van der Waals surface area contributed by atoms with Gasteiger partial charge in [-0.2, -0.15) is 0 Å². The van der Waals surface area contributed by atoms with Gasteiger partial charge in [0.25, 0.3) is 5.91 Å². The van der Waals surface area contributed by atoms with Crippen molar-refractivity contribution >= 4 is 17.2 Å². The predicted octanol–water partition coefficient (Wildman–Crippen LogP) is 2.87. The van der Waals surface area contributed by atoms with E-state index >= 15 is 0 Å². The number of pyridine rings is 1. The van der Waals surface area contributed by atoms with Gasteiger partial charge >= 0.3 is 0 Å². The number of anilines is 1. The fourth-order valence-corrected chi connectivity index (χ4v) is 2.73. The molecule has 1 aromatic carbocycles. The molecule has 0 aliphatic carbocycles. The molecule has 4 rings (SSSR count). The number of nitrogens with two attached hydrogens (primary N) is 1. The molecule has 3 aromatic heterocycles. The van der Waals surface area contributed by atoms with Crippen molar-refractivity contribution < 1.29 is 13.9 Å². The van der Waals surface area contributed by atoms with Crippen LogP contribution in [0.4, 0.5) is 5.69 Å². The molecule has 0 radical (unpaired) electrons. The summed E-state index contributed by atoms with van der Waals surface area (Å²) >= 11 is 0. The molecule has 0 aliphatic heterocycles. The molecule has 1 amide bonds. The fraction of sp³-hybridized carbons (Fsp3) is 0.100. The Bertz CT molecular complexity index is 1070. The van der Waals surface area contributed by atoms with Gasteiger partial charge in [0, 0.05) is 23.6 Å². The quantitative estimate of drug-likeness (QED) is 0.514. The van der Waals surface area contributed by atoms with Crippen molar-refractivity contribution in [3.63, 3.8) is 0 Å². The van der Waals surface area contributed by atoms with Crippen LogP contribution in [-0.2, 0) is 11.3 Å². The van der Waals surface area contributed by atoms with Gasteiger partial charge in [-0.05, 0) is 36.4 Å². The minimum atomic E-state index is -0.240. The summed E-state index contributed by atoms with van der Waals surface area (Å²) in [5.41, 5.74) is 8.86. The number of nitrogens with one attached hydrogen (secondary N) is 1. The summed E-state index contributed by atoms with van der Waals surface area (Å²) in [4.78, 5) is 16.6. The number of imidazole rings is 1. The Morgan fingerprint density at radius 3 is 2.96 bits per heavy atom. The smallest absolute Gasteiger partial charge is 0.258 e. The Morgan fingerprint density at radius 2 is 2.15 bits per heavy atom. The van der Waals surface area contributed by atoms with E-state index in [2.05, 4.69) is 10.3 Å². The largest absolute Gasteiger partial charge is 0.480 e. The van der Waals surface area contributed by atoms with Gasteiger partial charge in [-0.25, -0.2) is 4.98 Å². The first-order chi connectivity index (χ1) is 13.2. The molecule has 0 bridgehead atoms. The SMILES string of the molecule is Nc1cccc(-c2cn3cccc(OCC(=O)NCc4ccco4)c3n2)c1. The summed E-state index contributed by atoms with van der Waals surface area (Å²) in [7, 11) is 0. The molecule has 0 fully saturated rings.